The molecule has 1 aromatic rings. The summed E-state index contributed by atoms with van der Waals surface area (Å²) in [6.45, 7) is 11.4. The van der Waals surface area contributed by atoms with Crippen LogP contribution in [0, 0.1) is 11.3 Å². The fourth-order valence-corrected chi connectivity index (χ4v) is 2.42. The second-order valence-electron chi connectivity index (χ2n) is 7.09. The van der Waals surface area contributed by atoms with Crippen molar-refractivity contribution < 1.29 is 4.79 Å². The van der Waals surface area contributed by atoms with Gasteiger partial charge in [-0.05, 0) is 36.6 Å². The Kier molecular flexibility index (Phi) is 6.40. The molecule has 5 heteroatoms. The number of hydrogen-bond acceptors (Lipinski definition) is 3. The SMILES string of the molecule is CC(C)c1cc(NC(=O)CCC(CCN)C(C)(C)C)n[nH]1. The zero-order valence-corrected chi connectivity index (χ0v) is 14.0. The second-order valence-corrected chi connectivity index (χ2v) is 7.09. The third kappa shape index (κ3) is 5.87. The molecule has 1 rings (SSSR count). The Morgan fingerprint density at radius 2 is 2.05 bits per heavy atom. The molecule has 0 fully saturated rings. The van der Waals surface area contributed by atoms with Gasteiger partial charge in [-0.1, -0.05) is 34.6 Å². The maximum Gasteiger partial charge on any atom is 0.225 e. The van der Waals surface area contributed by atoms with E-state index < -0.39 is 0 Å². The number of carbonyl (C=O) groups excluding carboxylic acids is 1. The van der Waals surface area contributed by atoms with E-state index >= 15 is 0 Å². The zero-order valence-electron chi connectivity index (χ0n) is 14.0. The van der Waals surface area contributed by atoms with Crippen LogP contribution in [-0.4, -0.2) is 22.6 Å². The van der Waals surface area contributed by atoms with Crippen molar-refractivity contribution in [2.45, 2.75) is 59.8 Å². The number of carbonyl (C=O) groups is 1. The Hall–Kier alpha value is -1.36. The van der Waals surface area contributed by atoms with Crippen molar-refractivity contribution in [2.24, 2.45) is 17.1 Å². The quantitative estimate of drug-likeness (QED) is 0.721. The Bertz CT molecular complexity index is 445. The first-order valence-corrected chi connectivity index (χ1v) is 7.79. The van der Waals surface area contributed by atoms with Gasteiger partial charge < -0.3 is 11.1 Å². The van der Waals surface area contributed by atoms with Crippen molar-refractivity contribution in [3.63, 3.8) is 0 Å². The molecular formula is C16H30N4O. The average Bonchev–Trinajstić information content (AvgIpc) is 2.81. The molecule has 21 heavy (non-hydrogen) atoms. The minimum absolute atomic E-state index is 0.0167. The second kappa shape index (κ2) is 7.59. The first-order valence-electron chi connectivity index (χ1n) is 7.79. The van der Waals surface area contributed by atoms with Crippen LogP contribution in [0.3, 0.4) is 0 Å². The Morgan fingerprint density at radius 3 is 2.52 bits per heavy atom. The lowest BCUT2D eigenvalue weighted by Crippen LogP contribution is -2.25. The van der Waals surface area contributed by atoms with Crippen molar-refractivity contribution in [1.29, 1.82) is 0 Å². The van der Waals surface area contributed by atoms with Gasteiger partial charge in [0.1, 0.15) is 0 Å². The van der Waals surface area contributed by atoms with Crippen molar-refractivity contribution in [2.75, 3.05) is 11.9 Å². The Morgan fingerprint density at radius 1 is 1.38 bits per heavy atom. The van der Waals surface area contributed by atoms with Crippen LogP contribution in [0.1, 0.15) is 65.5 Å². The molecule has 5 nitrogen and oxygen atoms in total. The van der Waals surface area contributed by atoms with Crippen LogP contribution in [-0.2, 0) is 4.79 Å². The average molecular weight is 294 g/mol. The fourth-order valence-electron chi connectivity index (χ4n) is 2.42. The summed E-state index contributed by atoms with van der Waals surface area (Å²) in [4.78, 5) is 12.0. The third-order valence-corrected chi connectivity index (χ3v) is 3.95. The predicted octanol–water partition coefficient (Wildman–Crippen LogP) is 3.26. The van der Waals surface area contributed by atoms with Gasteiger partial charge >= 0.3 is 0 Å². The molecule has 0 aliphatic rings. The van der Waals surface area contributed by atoms with Gasteiger partial charge in [0.15, 0.2) is 5.82 Å². The number of nitrogens with two attached hydrogens (primary N) is 1. The molecule has 0 radical (unpaired) electrons. The molecule has 4 N–H and O–H groups in total. The summed E-state index contributed by atoms with van der Waals surface area (Å²) >= 11 is 0. The van der Waals surface area contributed by atoms with E-state index in [9.17, 15) is 4.79 Å². The summed E-state index contributed by atoms with van der Waals surface area (Å²) in [7, 11) is 0. The van der Waals surface area contributed by atoms with Gasteiger partial charge in [-0.25, -0.2) is 0 Å². The lowest BCUT2D eigenvalue weighted by atomic mass is 9.76. The number of amides is 1. The van der Waals surface area contributed by atoms with E-state index in [0.717, 1.165) is 18.5 Å². The number of anilines is 1. The molecule has 0 bridgehead atoms. The lowest BCUT2D eigenvalue weighted by Gasteiger charge is -2.30. The van der Waals surface area contributed by atoms with Gasteiger partial charge in [-0.2, -0.15) is 5.10 Å². The summed E-state index contributed by atoms with van der Waals surface area (Å²) < 4.78 is 0. The molecule has 1 unspecified atom stereocenters. The van der Waals surface area contributed by atoms with E-state index in [2.05, 4.69) is 50.1 Å². The van der Waals surface area contributed by atoms with Gasteiger partial charge in [0, 0.05) is 18.2 Å². The molecule has 1 heterocycles. The molecule has 1 amide bonds. The van der Waals surface area contributed by atoms with E-state index in [1.54, 1.807) is 0 Å². The monoisotopic (exact) mass is 294 g/mol. The van der Waals surface area contributed by atoms with Crippen LogP contribution in [0.4, 0.5) is 5.82 Å². The summed E-state index contributed by atoms with van der Waals surface area (Å²) in [6.07, 6.45) is 2.32. The summed E-state index contributed by atoms with van der Waals surface area (Å²) in [5, 5.41) is 9.90. The third-order valence-electron chi connectivity index (χ3n) is 3.95. The summed E-state index contributed by atoms with van der Waals surface area (Å²) in [5.41, 5.74) is 6.88. The molecule has 1 atom stereocenters. The number of hydrogen-bond donors (Lipinski definition) is 3. The number of aromatic nitrogens is 2. The van der Waals surface area contributed by atoms with Gasteiger partial charge in [0.2, 0.25) is 5.91 Å². The van der Waals surface area contributed by atoms with E-state index in [4.69, 9.17) is 5.73 Å². The highest BCUT2D eigenvalue weighted by Crippen LogP contribution is 2.32. The van der Waals surface area contributed by atoms with Gasteiger partial charge in [0.05, 0.1) is 0 Å². The summed E-state index contributed by atoms with van der Waals surface area (Å²) in [6, 6.07) is 1.89. The van der Waals surface area contributed by atoms with Crippen LogP contribution in [0.5, 0.6) is 0 Å². The summed E-state index contributed by atoms with van der Waals surface area (Å²) in [5.74, 6) is 1.45. The highest BCUT2D eigenvalue weighted by Gasteiger charge is 2.24. The fraction of sp³-hybridized carbons (Fsp3) is 0.750. The first-order chi connectivity index (χ1) is 9.74. The van der Waals surface area contributed by atoms with Crippen LogP contribution in [0.15, 0.2) is 6.07 Å². The van der Waals surface area contributed by atoms with Crippen molar-refractivity contribution in [3.05, 3.63) is 11.8 Å². The molecular weight excluding hydrogens is 264 g/mol. The highest BCUT2D eigenvalue weighted by atomic mass is 16.1. The number of nitrogens with one attached hydrogen (secondary N) is 2. The zero-order chi connectivity index (χ0) is 16.0. The minimum atomic E-state index is 0.0167. The van der Waals surface area contributed by atoms with E-state index in [1.165, 1.54) is 0 Å². The van der Waals surface area contributed by atoms with Crippen LogP contribution in [0.2, 0.25) is 0 Å². The smallest absolute Gasteiger partial charge is 0.225 e. The molecule has 0 spiro atoms. The van der Waals surface area contributed by atoms with Gasteiger partial charge in [-0.15, -0.1) is 0 Å². The number of aromatic amines is 1. The van der Waals surface area contributed by atoms with Gasteiger partial charge in [-0.3, -0.25) is 9.89 Å². The maximum atomic E-state index is 12.0. The van der Waals surface area contributed by atoms with Gasteiger partial charge in [0.25, 0.3) is 0 Å². The Labute approximate surface area is 128 Å². The van der Waals surface area contributed by atoms with Crippen LogP contribution >= 0.6 is 0 Å². The normalized spacial score (nSPS) is 13.5. The Balaban J connectivity index is 2.49. The molecule has 0 saturated carbocycles. The van der Waals surface area contributed by atoms with E-state index in [0.29, 0.717) is 30.6 Å². The van der Waals surface area contributed by atoms with Crippen LogP contribution < -0.4 is 11.1 Å². The topological polar surface area (TPSA) is 83.8 Å². The predicted molar refractivity (Wildman–Crippen MR) is 87.2 cm³/mol. The molecule has 1 aromatic heterocycles. The molecule has 0 aromatic carbocycles. The lowest BCUT2D eigenvalue weighted by molar-refractivity contribution is -0.116. The molecule has 120 valence electrons. The standard InChI is InChI=1S/C16H30N4O/c1-11(2)13-10-14(20-19-13)18-15(21)7-6-12(8-9-17)16(3,4)5/h10-12H,6-9,17H2,1-5H3,(H2,18,19,20,21). The minimum Gasteiger partial charge on any atom is -0.330 e. The van der Waals surface area contributed by atoms with E-state index in [-0.39, 0.29) is 11.3 Å². The van der Waals surface area contributed by atoms with Crippen molar-refractivity contribution in [1.82, 2.24) is 10.2 Å². The molecule has 0 aliphatic heterocycles. The van der Waals surface area contributed by atoms with E-state index in [1.807, 2.05) is 6.07 Å². The molecule has 0 saturated heterocycles. The number of H-pyrrole nitrogens is 1. The largest absolute Gasteiger partial charge is 0.330 e. The van der Waals surface area contributed by atoms with Crippen LogP contribution in [0.25, 0.3) is 0 Å². The number of nitrogens with zero attached hydrogens (tertiary/aromatic N) is 1. The van der Waals surface area contributed by atoms with Crippen molar-refractivity contribution in [3.8, 4) is 0 Å². The van der Waals surface area contributed by atoms with Crippen molar-refractivity contribution >= 4 is 11.7 Å². The number of rotatable bonds is 7. The highest BCUT2D eigenvalue weighted by molar-refractivity contribution is 5.89. The maximum absolute atomic E-state index is 12.0. The first kappa shape index (κ1) is 17.7. The molecule has 0 aliphatic carbocycles.